The van der Waals surface area contributed by atoms with Crippen molar-refractivity contribution in [3.8, 4) is 11.1 Å². The number of hydrogen-bond donors (Lipinski definition) is 0. The Morgan fingerprint density at radius 3 is 2.13 bits per heavy atom. The molecule has 0 saturated heterocycles. The maximum absolute atomic E-state index is 13.8. The molecule has 0 fully saturated rings. The van der Waals surface area contributed by atoms with Crippen LogP contribution in [-0.4, -0.2) is 29.7 Å². The van der Waals surface area contributed by atoms with E-state index < -0.39 is 0 Å². The molecule has 0 amide bonds. The molecule has 0 spiro atoms. The second-order valence-electron chi connectivity index (χ2n) is 6.16. The number of benzene rings is 2. The fraction of sp³-hybridized carbons (Fsp3) is 0.278. The van der Waals surface area contributed by atoms with Gasteiger partial charge in [-0.15, -0.1) is 0 Å². The molecule has 3 rings (SSSR count). The molecular weight excluding hydrogens is 411 g/mol. The highest BCUT2D eigenvalue weighted by Gasteiger charge is 2.41. The molecule has 2 aromatic carbocycles. The van der Waals surface area contributed by atoms with Gasteiger partial charge < -0.3 is 28.7 Å². The second kappa shape index (κ2) is 6.55. The van der Waals surface area contributed by atoms with Crippen molar-refractivity contribution in [1.82, 2.24) is 0 Å². The van der Waals surface area contributed by atoms with Gasteiger partial charge in [0, 0.05) is 13.8 Å². The SMILES string of the molecule is C[N+]1=C(c2cc(F)ccc2-c2ccc(F)cc2)OCC1(C)C.[I-]. The first-order chi connectivity index (χ1) is 10.4. The Labute approximate surface area is 151 Å². The second-order valence-corrected chi connectivity index (χ2v) is 6.16. The average Bonchev–Trinajstić information content (AvgIpc) is 2.74. The predicted molar refractivity (Wildman–Crippen MR) is 82.1 cm³/mol. The highest BCUT2D eigenvalue weighted by atomic mass is 127. The summed E-state index contributed by atoms with van der Waals surface area (Å²) in [5.74, 6) is 0.0225. The van der Waals surface area contributed by atoms with Gasteiger partial charge in [-0.25, -0.2) is 8.78 Å². The number of hydrogen-bond acceptors (Lipinski definition) is 1. The third-order valence-electron chi connectivity index (χ3n) is 4.14. The molecule has 23 heavy (non-hydrogen) atoms. The summed E-state index contributed by atoms with van der Waals surface area (Å²) in [5, 5.41) is 0. The molecule has 5 heteroatoms. The van der Waals surface area contributed by atoms with Crippen LogP contribution in [0, 0.1) is 11.6 Å². The smallest absolute Gasteiger partial charge is 0.371 e. The van der Waals surface area contributed by atoms with Crippen LogP contribution in [0.3, 0.4) is 0 Å². The van der Waals surface area contributed by atoms with Crippen molar-refractivity contribution in [3.63, 3.8) is 0 Å². The first-order valence-corrected chi connectivity index (χ1v) is 7.18. The Morgan fingerprint density at radius 2 is 1.57 bits per heavy atom. The van der Waals surface area contributed by atoms with Crippen LogP contribution in [0.25, 0.3) is 11.1 Å². The highest BCUT2D eigenvalue weighted by Crippen LogP contribution is 2.29. The van der Waals surface area contributed by atoms with Crippen LogP contribution < -0.4 is 24.0 Å². The van der Waals surface area contributed by atoms with Gasteiger partial charge in [-0.1, -0.05) is 18.2 Å². The van der Waals surface area contributed by atoms with E-state index in [1.165, 1.54) is 24.3 Å². The zero-order valence-electron chi connectivity index (χ0n) is 13.2. The minimum absolute atomic E-state index is 0. The summed E-state index contributed by atoms with van der Waals surface area (Å²) in [7, 11) is 1.93. The van der Waals surface area contributed by atoms with E-state index in [-0.39, 0.29) is 41.2 Å². The first-order valence-electron chi connectivity index (χ1n) is 7.18. The Bertz CT molecular complexity index is 754. The summed E-state index contributed by atoms with van der Waals surface area (Å²) in [6, 6.07) is 10.7. The molecule has 0 atom stereocenters. The van der Waals surface area contributed by atoms with Gasteiger partial charge in [0.05, 0.1) is 5.56 Å². The lowest BCUT2D eigenvalue weighted by molar-refractivity contribution is -0.562. The zero-order chi connectivity index (χ0) is 15.9. The third kappa shape index (κ3) is 3.39. The molecule has 1 heterocycles. The fourth-order valence-electron chi connectivity index (χ4n) is 2.55. The summed E-state index contributed by atoms with van der Waals surface area (Å²) in [4.78, 5) is 0. The molecule has 0 aliphatic carbocycles. The topological polar surface area (TPSA) is 12.2 Å². The molecule has 0 unspecified atom stereocenters. The summed E-state index contributed by atoms with van der Waals surface area (Å²) in [5.41, 5.74) is 2.17. The van der Waals surface area contributed by atoms with Gasteiger partial charge in [0.1, 0.15) is 18.7 Å². The molecule has 122 valence electrons. The van der Waals surface area contributed by atoms with Crippen molar-refractivity contribution in [1.29, 1.82) is 0 Å². The lowest BCUT2D eigenvalue weighted by Crippen LogP contribution is -3.00. The monoisotopic (exact) mass is 429 g/mol. The summed E-state index contributed by atoms with van der Waals surface area (Å²) in [6.07, 6.45) is 0. The van der Waals surface area contributed by atoms with Crippen LogP contribution in [0.5, 0.6) is 0 Å². The zero-order valence-corrected chi connectivity index (χ0v) is 15.4. The predicted octanol–water partition coefficient (Wildman–Crippen LogP) is 0.833. The van der Waals surface area contributed by atoms with Crippen LogP contribution in [0.15, 0.2) is 42.5 Å². The van der Waals surface area contributed by atoms with Gasteiger partial charge >= 0.3 is 5.90 Å². The van der Waals surface area contributed by atoms with E-state index in [2.05, 4.69) is 13.8 Å². The van der Waals surface area contributed by atoms with Gasteiger partial charge in [0.2, 0.25) is 0 Å². The quantitative estimate of drug-likeness (QED) is 0.509. The summed E-state index contributed by atoms with van der Waals surface area (Å²) < 4.78 is 34.7. The van der Waals surface area contributed by atoms with E-state index in [4.69, 9.17) is 4.74 Å². The molecule has 1 aliphatic heterocycles. The van der Waals surface area contributed by atoms with E-state index in [1.807, 2.05) is 11.6 Å². The van der Waals surface area contributed by atoms with Crippen molar-refractivity contribution in [2.45, 2.75) is 19.4 Å². The van der Waals surface area contributed by atoms with Crippen molar-refractivity contribution >= 4 is 5.90 Å². The number of rotatable bonds is 2. The Morgan fingerprint density at radius 1 is 0.957 bits per heavy atom. The van der Waals surface area contributed by atoms with Gasteiger partial charge in [0.15, 0.2) is 12.1 Å². The fourth-order valence-corrected chi connectivity index (χ4v) is 2.55. The van der Waals surface area contributed by atoms with E-state index in [9.17, 15) is 8.78 Å². The van der Waals surface area contributed by atoms with E-state index >= 15 is 0 Å². The molecule has 2 aromatic rings. The summed E-state index contributed by atoms with van der Waals surface area (Å²) >= 11 is 0. The molecule has 0 saturated carbocycles. The van der Waals surface area contributed by atoms with Crippen LogP contribution in [0.4, 0.5) is 8.78 Å². The molecule has 0 N–H and O–H groups in total. The third-order valence-corrected chi connectivity index (χ3v) is 4.14. The van der Waals surface area contributed by atoms with Gasteiger partial charge in [-0.05, 0) is 35.4 Å². The Hall–Kier alpha value is -1.50. The van der Waals surface area contributed by atoms with Crippen LogP contribution in [-0.2, 0) is 4.74 Å². The molecule has 0 radical (unpaired) electrons. The lowest BCUT2D eigenvalue weighted by atomic mass is 9.99. The van der Waals surface area contributed by atoms with Crippen molar-refractivity contribution < 1.29 is 42.1 Å². The molecule has 2 nitrogen and oxygen atoms in total. The molecular formula is C18H18F2INO. The Kier molecular flexibility index (Phi) is 5.08. The molecule has 0 aromatic heterocycles. The maximum atomic E-state index is 13.8. The van der Waals surface area contributed by atoms with Gasteiger partial charge in [-0.3, -0.25) is 0 Å². The molecule has 1 aliphatic rings. The number of ether oxygens (including phenoxy) is 1. The maximum Gasteiger partial charge on any atom is 0.371 e. The first kappa shape index (κ1) is 17.8. The van der Waals surface area contributed by atoms with Crippen molar-refractivity contribution in [3.05, 3.63) is 59.7 Å². The number of nitrogens with zero attached hydrogens (tertiary/aromatic N) is 1. The minimum atomic E-state index is -0.324. The largest absolute Gasteiger partial charge is 1.00 e. The Balaban J connectivity index is 0.00000192. The van der Waals surface area contributed by atoms with Crippen LogP contribution in [0.1, 0.15) is 19.4 Å². The lowest BCUT2D eigenvalue weighted by Gasteiger charge is -2.10. The highest BCUT2D eigenvalue weighted by molar-refractivity contribution is 5.98. The molecule has 0 bridgehead atoms. The number of likely N-dealkylation sites (N-methyl/N-ethyl adjacent to an activating group) is 1. The number of halogens is 3. The van der Waals surface area contributed by atoms with Crippen molar-refractivity contribution in [2.24, 2.45) is 0 Å². The van der Waals surface area contributed by atoms with Gasteiger partial charge in [0.25, 0.3) is 0 Å². The minimum Gasteiger partial charge on any atom is -1.00 e. The van der Waals surface area contributed by atoms with Crippen molar-refractivity contribution in [2.75, 3.05) is 13.7 Å². The van der Waals surface area contributed by atoms with Gasteiger partial charge in [-0.2, -0.15) is 4.58 Å². The van der Waals surface area contributed by atoms with E-state index in [1.54, 1.807) is 18.2 Å². The normalized spacial score (nSPS) is 16.0. The van der Waals surface area contributed by atoms with E-state index in [0.29, 0.717) is 18.1 Å². The standard InChI is InChI=1S/C18H18F2NO.HI/c1-18(2)11-22-17(21(18)3)16-10-14(20)8-9-15(16)12-4-6-13(19)7-5-12;/h4-10H,11H2,1-3H3;1H/q+1;/p-1. The van der Waals surface area contributed by atoms with Crippen LogP contribution >= 0.6 is 0 Å². The average molecular weight is 429 g/mol. The summed E-state index contributed by atoms with van der Waals surface area (Å²) in [6.45, 7) is 4.67. The van der Waals surface area contributed by atoms with Crippen LogP contribution in [0.2, 0.25) is 0 Å². The van der Waals surface area contributed by atoms with E-state index in [0.717, 1.165) is 11.1 Å².